The molecule has 0 aliphatic rings. The molecule has 0 saturated carbocycles. The lowest BCUT2D eigenvalue weighted by Crippen LogP contribution is -1.95. The van der Waals surface area contributed by atoms with Crippen molar-refractivity contribution in [3.8, 4) is 0 Å². The highest BCUT2D eigenvalue weighted by molar-refractivity contribution is 7.99. The van der Waals surface area contributed by atoms with Gasteiger partial charge in [0.2, 0.25) is 0 Å². The second kappa shape index (κ2) is 5.93. The van der Waals surface area contributed by atoms with Crippen molar-refractivity contribution in [1.29, 1.82) is 0 Å². The Bertz CT molecular complexity index is 579. The fraction of sp³-hybridized carbons (Fsp3) is 0.333. The summed E-state index contributed by atoms with van der Waals surface area (Å²) in [5, 5.41) is 1.46. The van der Waals surface area contributed by atoms with Crippen molar-refractivity contribution in [1.82, 2.24) is 9.97 Å². The maximum Gasteiger partial charge on any atom is 0.136 e. The van der Waals surface area contributed by atoms with Crippen LogP contribution in [0, 0.1) is 13.8 Å². The fourth-order valence-electron chi connectivity index (χ4n) is 1.70. The van der Waals surface area contributed by atoms with Gasteiger partial charge >= 0.3 is 0 Å². The van der Waals surface area contributed by atoms with Gasteiger partial charge in [-0.05, 0) is 37.5 Å². The lowest BCUT2D eigenvalue weighted by Gasteiger charge is -2.09. The summed E-state index contributed by atoms with van der Waals surface area (Å²) in [6.07, 6.45) is 0. The molecular weight excluding hydrogens is 276 g/mol. The number of aromatic nitrogens is 2. The maximum absolute atomic E-state index is 6.09. The smallest absolute Gasteiger partial charge is 0.136 e. The van der Waals surface area contributed by atoms with Gasteiger partial charge in [0.1, 0.15) is 16.0 Å². The maximum atomic E-state index is 6.09. The Balaban J connectivity index is 2.26. The van der Waals surface area contributed by atoms with Gasteiger partial charge in [-0.2, -0.15) is 0 Å². The average Bonchev–Trinajstić information content (AvgIpc) is 2.36. The minimum atomic E-state index is 0.536. The average molecular weight is 293 g/mol. The van der Waals surface area contributed by atoms with Crippen molar-refractivity contribution in [2.45, 2.75) is 43.5 Å². The van der Waals surface area contributed by atoms with Crippen LogP contribution in [0.4, 0.5) is 0 Å². The highest BCUT2D eigenvalue weighted by atomic mass is 35.5. The van der Waals surface area contributed by atoms with Crippen LogP contribution in [-0.2, 0) is 0 Å². The predicted molar refractivity (Wildman–Crippen MR) is 81.2 cm³/mol. The van der Waals surface area contributed by atoms with Crippen molar-refractivity contribution in [3.63, 3.8) is 0 Å². The molecule has 0 aliphatic carbocycles. The SMILES string of the molecule is Cc1nc(Cl)c(C)c(Sc2ccc(C(C)C)cc2)n1. The van der Waals surface area contributed by atoms with E-state index in [0.29, 0.717) is 16.9 Å². The van der Waals surface area contributed by atoms with Crippen LogP contribution in [0.15, 0.2) is 34.2 Å². The molecule has 0 saturated heterocycles. The molecule has 0 bridgehead atoms. The fourth-order valence-corrected chi connectivity index (χ4v) is 2.89. The van der Waals surface area contributed by atoms with Gasteiger partial charge in [-0.1, -0.05) is 49.3 Å². The Kier molecular flexibility index (Phi) is 4.48. The monoisotopic (exact) mass is 292 g/mol. The summed E-state index contributed by atoms with van der Waals surface area (Å²) in [4.78, 5) is 9.78. The molecule has 1 aromatic heterocycles. The lowest BCUT2D eigenvalue weighted by atomic mass is 10.0. The standard InChI is InChI=1S/C15H17ClN2S/c1-9(2)12-5-7-13(8-6-12)19-15-10(3)14(16)17-11(4)18-15/h5-9H,1-4H3. The first kappa shape index (κ1) is 14.4. The third-order valence-corrected chi connectivity index (χ3v) is 4.38. The number of halogens is 1. The van der Waals surface area contributed by atoms with Crippen LogP contribution in [-0.4, -0.2) is 9.97 Å². The molecule has 100 valence electrons. The molecule has 1 heterocycles. The molecule has 0 spiro atoms. The van der Waals surface area contributed by atoms with Gasteiger partial charge in [0.15, 0.2) is 0 Å². The van der Waals surface area contributed by atoms with Crippen LogP contribution in [0.1, 0.15) is 36.7 Å². The van der Waals surface area contributed by atoms with Gasteiger partial charge in [0, 0.05) is 10.5 Å². The van der Waals surface area contributed by atoms with Crippen molar-refractivity contribution in [2.75, 3.05) is 0 Å². The number of hydrogen-bond donors (Lipinski definition) is 0. The summed E-state index contributed by atoms with van der Waals surface area (Å²) >= 11 is 7.72. The van der Waals surface area contributed by atoms with Crippen LogP contribution in [0.5, 0.6) is 0 Å². The van der Waals surface area contributed by atoms with E-state index in [0.717, 1.165) is 10.6 Å². The van der Waals surface area contributed by atoms with E-state index in [9.17, 15) is 0 Å². The van der Waals surface area contributed by atoms with Crippen LogP contribution in [0.25, 0.3) is 0 Å². The van der Waals surface area contributed by atoms with E-state index in [4.69, 9.17) is 11.6 Å². The summed E-state index contributed by atoms with van der Waals surface area (Å²) in [6.45, 7) is 8.20. The van der Waals surface area contributed by atoms with E-state index in [1.807, 2.05) is 13.8 Å². The molecule has 0 N–H and O–H groups in total. The first-order valence-corrected chi connectivity index (χ1v) is 7.45. The van der Waals surface area contributed by atoms with E-state index in [1.54, 1.807) is 11.8 Å². The summed E-state index contributed by atoms with van der Waals surface area (Å²) in [6, 6.07) is 8.59. The molecule has 2 rings (SSSR count). The van der Waals surface area contributed by atoms with Gasteiger partial charge in [-0.15, -0.1) is 0 Å². The number of aryl methyl sites for hydroxylation is 1. The van der Waals surface area contributed by atoms with E-state index < -0.39 is 0 Å². The Morgan fingerprint density at radius 3 is 2.26 bits per heavy atom. The molecule has 19 heavy (non-hydrogen) atoms. The highest BCUT2D eigenvalue weighted by Gasteiger charge is 2.09. The summed E-state index contributed by atoms with van der Waals surface area (Å²) < 4.78 is 0. The van der Waals surface area contributed by atoms with Gasteiger partial charge in [-0.25, -0.2) is 9.97 Å². The molecule has 0 aliphatic heterocycles. The first-order valence-electron chi connectivity index (χ1n) is 6.26. The second-order valence-corrected chi connectivity index (χ2v) is 6.24. The molecule has 1 aromatic carbocycles. The van der Waals surface area contributed by atoms with E-state index in [1.165, 1.54) is 10.5 Å². The molecular formula is C15H17ClN2S. The normalized spacial score (nSPS) is 11.1. The van der Waals surface area contributed by atoms with Gasteiger partial charge in [0.05, 0.1) is 0 Å². The van der Waals surface area contributed by atoms with Crippen molar-refractivity contribution in [2.24, 2.45) is 0 Å². The first-order chi connectivity index (χ1) is 8.97. The number of hydrogen-bond acceptors (Lipinski definition) is 3. The molecule has 2 aromatic rings. The Hall–Kier alpha value is -1.06. The number of benzene rings is 1. The second-order valence-electron chi connectivity index (χ2n) is 4.82. The minimum Gasteiger partial charge on any atom is -0.226 e. The van der Waals surface area contributed by atoms with Gasteiger partial charge < -0.3 is 0 Å². The van der Waals surface area contributed by atoms with Crippen LogP contribution in [0.2, 0.25) is 5.15 Å². The topological polar surface area (TPSA) is 25.8 Å². The van der Waals surface area contributed by atoms with Crippen molar-refractivity contribution < 1.29 is 0 Å². The van der Waals surface area contributed by atoms with Crippen LogP contribution >= 0.6 is 23.4 Å². The lowest BCUT2D eigenvalue weighted by molar-refractivity contribution is 0.864. The number of rotatable bonds is 3. The van der Waals surface area contributed by atoms with E-state index >= 15 is 0 Å². The zero-order valence-electron chi connectivity index (χ0n) is 11.6. The molecule has 2 nitrogen and oxygen atoms in total. The summed E-state index contributed by atoms with van der Waals surface area (Å²) in [5.74, 6) is 1.26. The van der Waals surface area contributed by atoms with Crippen LogP contribution in [0.3, 0.4) is 0 Å². The number of nitrogens with zero attached hydrogens (tertiary/aromatic N) is 2. The van der Waals surface area contributed by atoms with E-state index in [-0.39, 0.29) is 0 Å². The summed E-state index contributed by atoms with van der Waals surface area (Å²) in [5.41, 5.74) is 2.28. The zero-order chi connectivity index (χ0) is 14.0. The quantitative estimate of drug-likeness (QED) is 0.743. The third kappa shape index (κ3) is 3.48. The van der Waals surface area contributed by atoms with Crippen LogP contribution < -0.4 is 0 Å². The molecule has 0 amide bonds. The minimum absolute atomic E-state index is 0.536. The van der Waals surface area contributed by atoms with E-state index in [2.05, 4.69) is 48.1 Å². The van der Waals surface area contributed by atoms with Crippen molar-refractivity contribution in [3.05, 3.63) is 46.4 Å². The molecule has 0 unspecified atom stereocenters. The van der Waals surface area contributed by atoms with Gasteiger partial charge in [0.25, 0.3) is 0 Å². The Morgan fingerprint density at radius 1 is 1.05 bits per heavy atom. The predicted octanol–water partition coefficient (Wildman–Crippen LogP) is 5.02. The summed E-state index contributed by atoms with van der Waals surface area (Å²) in [7, 11) is 0. The third-order valence-electron chi connectivity index (χ3n) is 2.91. The zero-order valence-corrected chi connectivity index (χ0v) is 13.1. The largest absolute Gasteiger partial charge is 0.226 e. The Labute approximate surface area is 123 Å². The molecule has 0 atom stereocenters. The van der Waals surface area contributed by atoms with Gasteiger partial charge in [-0.3, -0.25) is 0 Å². The van der Waals surface area contributed by atoms with Crippen molar-refractivity contribution >= 4 is 23.4 Å². The molecule has 4 heteroatoms. The molecule has 0 fully saturated rings. The molecule has 0 radical (unpaired) electrons. The Morgan fingerprint density at radius 2 is 1.68 bits per heavy atom. The highest BCUT2D eigenvalue weighted by Crippen LogP contribution is 2.31.